The molecule has 2 aromatic carbocycles. The number of benzene rings is 2. The molecule has 23 heavy (non-hydrogen) atoms. The zero-order valence-electron chi connectivity index (χ0n) is 12.9. The second-order valence-corrected chi connectivity index (χ2v) is 5.17. The molecular weight excluding hydrogens is 290 g/mol. The monoisotopic (exact) mass is 307 g/mol. The second kappa shape index (κ2) is 6.92. The average Bonchev–Trinajstić information content (AvgIpc) is 2.98. The first kappa shape index (κ1) is 15.0. The van der Waals surface area contributed by atoms with Gasteiger partial charge in [0, 0.05) is 12.0 Å². The van der Waals surface area contributed by atoms with E-state index in [9.17, 15) is 4.79 Å². The minimum absolute atomic E-state index is 0.00517. The molecular formula is C19H17NO3. The molecule has 0 aliphatic rings. The SMILES string of the molecule is Cc1nc(C(=O)OCCc2ccccc2)oc1-c1ccccc1. The van der Waals surface area contributed by atoms with E-state index in [1.54, 1.807) is 0 Å². The molecule has 0 saturated carbocycles. The molecule has 4 heteroatoms. The van der Waals surface area contributed by atoms with Gasteiger partial charge in [-0.3, -0.25) is 0 Å². The van der Waals surface area contributed by atoms with Gasteiger partial charge < -0.3 is 9.15 Å². The zero-order chi connectivity index (χ0) is 16.1. The van der Waals surface area contributed by atoms with Crippen LogP contribution in [0.4, 0.5) is 0 Å². The average molecular weight is 307 g/mol. The highest BCUT2D eigenvalue weighted by Crippen LogP contribution is 2.24. The summed E-state index contributed by atoms with van der Waals surface area (Å²) < 4.78 is 10.8. The first-order valence-corrected chi connectivity index (χ1v) is 7.48. The Hall–Kier alpha value is -2.88. The number of carbonyl (C=O) groups excluding carboxylic acids is 1. The van der Waals surface area contributed by atoms with E-state index in [-0.39, 0.29) is 5.89 Å². The highest BCUT2D eigenvalue weighted by Gasteiger charge is 2.18. The van der Waals surface area contributed by atoms with E-state index in [0.29, 0.717) is 24.5 Å². The largest absolute Gasteiger partial charge is 0.458 e. The van der Waals surface area contributed by atoms with Crippen LogP contribution in [-0.4, -0.2) is 17.6 Å². The summed E-state index contributed by atoms with van der Waals surface area (Å²) >= 11 is 0. The summed E-state index contributed by atoms with van der Waals surface area (Å²) in [5, 5.41) is 0. The lowest BCUT2D eigenvalue weighted by atomic mass is 10.1. The molecule has 0 spiro atoms. The summed E-state index contributed by atoms with van der Waals surface area (Å²) in [4.78, 5) is 16.2. The van der Waals surface area contributed by atoms with Crippen LogP contribution < -0.4 is 0 Å². The Bertz CT molecular complexity index is 779. The molecule has 1 aromatic heterocycles. The predicted octanol–water partition coefficient (Wildman–Crippen LogP) is 4.05. The third-order valence-corrected chi connectivity index (χ3v) is 3.47. The number of aromatic nitrogens is 1. The number of carbonyl (C=O) groups is 1. The number of rotatable bonds is 5. The minimum atomic E-state index is -0.536. The van der Waals surface area contributed by atoms with Crippen molar-refractivity contribution in [2.24, 2.45) is 0 Å². The maximum Gasteiger partial charge on any atom is 0.394 e. The number of hydrogen-bond acceptors (Lipinski definition) is 4. The van der Waals surface area contributed by atoms with E-state index in [4.69, 9.17) is 9.15 Å². The van der Waals surface area contributed by atoms with Crippen LogP contribution >= 0.6 is 0 Å². The van der Waals surface area contributed by atoms with Crippen LogP contribution in [-0.2, 0) is 11.2 Å². The van der Waals surface area contributed by atoms with Gasteiger partial charge >= 0.3 is 11.9 Å². The van der Waals surface area contributed by atoms with Gasteiger partial charge in [-0.05, 0) is 12.5 Å². The highest BCUT2D eigenvalue weighted by molar-refractivity contribution is 5.85. The van der Waals surface area contributed by atoms with Crippen molar-refractivity contribution >= 4 is 5.97 Å². The summed E-state index contributed by atoms with van der Waals surface area (Å²) in [5.41, 5.74) is 2.68. The number of hydrogen-bond donors (Lipinski definition) is 0. The van der Waals surface area contributed by atoms with Gasteiger partial charge in [0.2, 0.25) is 0 Å². The number of aryl methyl sites for hydroxylation is 1. The first-order chi connectivity index (χ1) is 11.2. The molecule has 0 fully saturated rings. The number of nitrogens with zero attached hydrogens (tertiary/aromatic N) is 1. The van der Waals surface area contributed by atoms with Crippen molar-refractivity contribution in [3.05, 3.63) is 77.8 Å². The number of ether oxygens (including phenoxy) is 1. The molecule has 0 unspecified atom stereocenters. The minimum Gasteiger partial charge on any atom is -0.458 e. The van der Waals surface area contributed by atoms with Crippen molar-refractivity contribution in [3.8, 4) is 11.3 Å². The zero-order valence-corrected chi connectivity index (χ0v) is 12.9. The fourth-order valence-corrected chi connectivity index (χ4v) is 2.31. The van der Waals surface area contributed by atoms with Crippen molar-refractivity contribution in [3.63, 3.8) is 0 Å². The fourth-order valence-electron chi connectivity index (χ4n) is 2.31. The molecule has 0 aliphatic carbocycles. The number of esters is 1. The van der Waals surface area contributed by atoms with E-state index in [1.807, 2.05) is 67.6 Å². The summed E-state index contributed by atoms with van der Waals surface area (Å²) in [6, 6.07) is 19.4. The molecule has 0 radical (unpaired) electrons. The molecule has 116 valence electrons. The van der Waals surface area contributed by atoms with Gasteiger partial charge in [-0.1, -0.05) is 60.7 Å². The molecule has 0 bridgehead atoms. The Balaban J connectivity index is 1.64. The third-order valence-electron chi connectivity index (χ3n) is 3.47. The summed E-state index contributed by atoms with van der Waals surface area (Å²) in [6.07, 6.45) is 0.664. The summed E-state index contributed by atoms with van der Waals surface area (Å²) in [7, 11) is 0. The van der Waals surface area contributed by atoms with Crippen LogP contribution in [0.3, 0.4) is 0 Å². The molecule has 0 saturated heterocycles. The molecule has 3 rings (SSSR count). The van der Waals surface area contributed by atoms with Crippen molar-refractivity contribution in [2.45, 2.75) is 13.3 Å². The van der Waals surface area contributed by atoms with Crippen molar-refractivity contribution in [1.29, 1.82) is 0 Å². The van der Waals surface area contributed by atoms with Crippen molar-refractivity contribution in [2.75, 3.05) is 6.61 Å². The Morgan fingerprint density at radius 3 is 2.39 bits per heavy atom. The van der Waals surface area contributed by atoms with E-state index in [1.165, 1.54) is 0 Å². The second-order valence-electron chi connectivity index (χ2n) is 5.17. The normalized spacial score (nSPS) is 10.5. The van der Waals surface area contributed by atoms with E-state index < -0.39 is 5.97 Å². The highest BCUT2D eigenvalue weighted by atomic mass is 16.5. The van der Waals surface area contributed by atoms with Gasteiger partial charge in [0.25, 0.3) is 0 Å². The lowest BCUT2D eigenvalue weighted by molar-refractivity contribution is 0.0464. The smallest absolute Gasteiger partial charge is 0.394 e. The van der Waals surface area contributed by atoms with Crippen LogP contribution in [0.15, 0.2) is 65.1 Å². The van der Waals surface area contributed by atoms with Gasteiger partial charge in [-0.15, -0.1) is 0 Å². The summed E-state index contributed by atoms with van der Waals surface area (Å²) in [5.74, 6) is 0.0567. The Morgan fingerprint density at radius 2 is 1.70 bits per heavy atom. The van der Waals surface area contributed by atoms with Crippen LogP contribution in [0, 0.1) is 6.92 Å². The molecule has 3 aromatic rings. The molecule has 0 aliphatic heterocycles. The van der Waals surface area contributed by atoms with E-state index in [2.05, 4.69) is 4.98 Å². The van der Waals surface area contributed by atoms with Gasteiger partial charge in [-0.2, -0.15) is 0 Å². The molecule has 0 amide bonds. The van der Waals surface area contributed by atoms with Gasteiger partial charge in [0.1, 0.15) is 0 Å². The third kappa shape index (κ3) is 3.66. The van der Waals surface area contributed by atoms with Crippen LogP contribution in [0.5, 0.6) is 0 Å². The standard InChI is InChI=1S/C19H17NO3/c1-14-17(16-10-6-3-7-11-16)23-18(20-14)19(21)22-13-12-15-8-4-2-5-9-15/h2-11H,12-13H2,1H3. The quantitative estimate of drug-likeness (QED) is 0.667. The molecule has 0 atom stereocenters. The first-order valence-electron chi connectivity index (χ1n) is 7.48. The Kier molecular flexibility index (Phi) is 4.52. The van der Waals surface area contributed by atoms with E-state index >= 15 is 0 Å². The molecule has 4 nitrogen and oxygen atoms in total. The van der Waals surface area contributed by atoms with Gasteiger partial charge in [0.05, 0.1) is 12.3 Å². The maximum absolute atomic E-state index is 12.1. The predicted molar refractivity (Wildman–Crippen MR) is 87.1 cm³/mol. The lowest BCUT2D eigenvalue weighted by Crippen LogP contribution is -2.08. The lowest BCUT2D eigenvalue weighted by Gasteiger charge is -2.02. The topological polar surface area (TPSA) is 52.3 Å². The van der Waals surface area contributed by atoms with Crippen molar-refractivity contribution in [1.82, 2.24) is 4.98 Å². The Morgan fingerprint density at radius 1 is 1.04 bits per heavy atom. The van der Waals surface area contributed by atoms with Crippen LogP contribution in [0.25, 0.3) is 11.3 Å². The Labute approximate surface area is 134 Å². The van der Waals surface area contributed by atoms with Crippen molar-refractivity contribution < 1.29 is 13.9 Å². The van der Waals surface area contributed by atoms with Gasteiger partial charge in [0.15, 0.2) is 5.76 Å². The van der Waals surface area contributed by atoms with Gasteiger partial charge in [-0.25, -0.2) is 9.78 Å². The van der Waals surface area contributed by atoms with Crippen LogP contribution in [0.2, 0.25) is 0 Å². The molecule has 1 heterocycles. The number of oxazole rings is 1. The van der Waals surface area contributed by atoms with E-state index in [0.717, 1.165) is 11.1 Å². The fraction of sp³-hybridized carbons (Fsp3) is 0.158. The molecule has 0 N–H and O–H groups in total. The van der Waals surface area contributed by atoms with Crippen LogP contribution in [0.1, 0.15) is 21.9 Å². The summed E-state index contributed by atoms with van der Waals surface area (Å²) in [6.45, 7) is 2.11. The maximum atomic E-state index is 12.1.